The summed E-state index contributed by atoms with van der Waals surface area (Å²) in [5.41, 5.74) is 6.77. The van der Waals surface area contributed by atoms with Crippen molar-refractivity contribution in [3.8, 4) is 0 Å². The minimum Gasteiger partial charge on any atom is -0.640 e. The Hall–Kier alpha value is 0.923. The van der Waals surface area contributed by atoms with Crippen molar-refractivity contribution in [3.63, 3.8) is 0 Å². The van der Waals surface area contributed by atoms with Crippen LogP contribution >= 0.6 is 0 Å². The summed E-state index contributed by atoms with van der Waals surface area (Å²) in [5.74, 6) is 0. The molecule has 0 aliphatic rings. The fourth-order valence-corrected chi connectivity index (χ4v) is 4.99. The molecule has 0 spiro atoms. The van der Waals surface area contributed by atoms with E-state index in [0.717, 1.165) is 37.0 Å². The van der Waals surface area contributed by atoms with E-state index < -0.39 is 0 Å². The molecule has 6 radical (unpaired) electrons. The molecule has 0 amide bonds. The number of rotatable bonds is 0. The Balaban J connectivity index is -0.0000000600. The van der Waals surface area contributed by atoms with E-state index in [4.69, 9.17) is 5.21 Å². The molecular weight excluding hydrogens is 1470 g/mol. The van der Waals surface area contributed by atoms with Gasteiger partial charge in [-0.05, 0) is 10.8 Å². The molecule has 0 atom stereocenters. The van der Waals surface area contributed by atoms with Gasteiger partial charge >= 0.3 is 0 Å². The van der Waals surface area contributed by atoms with Gasteiger partial charge in [0.15, 0.2) is 6.20 Å². The molecule has 0 aliphatic heterocycles. The molecule has 0 fully saturated rings. The average Bonchev–Trinajstić information content (AvgIpc) is 3.38. The van der Waals surface area contributed by atoms with Crippen molar-refractivity contribution >= 4 is 0 Å². The van der Waals surface area contributed by atoms with E-state index in [2.05, 4.69) is 135 Å². The van der Waals surface area contributed by atoms with Gasteiger partial charge in [0.2, 0.25) is 0 Å². The Bertz CT molecular complexity index is 2000. The molecule has 9 nitrogen and oxygen atoms in total. The normalized spacial score (nSPS) is 9.29. The fraction of sp³-hybridized carbons (Fsp3) is 0.552. The number of pyridine rings is 6. The van der Waals surface area contributed by atoms with E-state index in [-0.39, 0.29) is 236 Å². The van der Waals surface area contributed by atoms with Gasteiger partial charge < -0.3 is 30.6 Å². The Morgan fingerprint density at radius 1 is 0.415 bits per heavy atom. The van der Waals surface area contributed by atoms with Crippen molar-refractivity contribution in [2.75, 3.05) is 0 Å². The van der Waals surface area contributed by atoms with E-state index in [1.807, 2.05) is 185 Å². The molecule has 6 rings (SSSR count). The molecule has 0 bridgehead atoms. The first-order chi connectivity index (χ1) is 34.8. The topological polar surface area (TPSA) is 114 Å². The van der Waals surface area contributed by atoms with Crippen LogP contribution in [-0.4, -0.2) is 25.4 Å². The van der Waals surface area contributed by atoms with Gasteiger partial charge in [0, 0.05) is 207 Å². The van der Waals surface area contributed by atoms with Gasteiger partial charge in [0.1, 0.15) is 24.3 Å². The van der Waals surface area contributed by atoms with Crippen molar-refractivity contribution in [1.82, 2.24) is 15.0 Å². The Morgan fingerprint density at radius 3 is 1.11 bits per heavy atom. The molecule has 15 heteroatoms. The van der Waals surface area contributed by atoms with E-state index >= 15 is 0 Å². The Morgan fingerprint density at radius 2 is 0.854 bits per heavy atom. The van der Waals surface area contributed by atoms with Crippen LogP contribution in [0.15, 0.2) is 110 Å². The number of hydrogen-bond acceptors (Lipinski definition) is 6. The molecule has 0 aromatic carbocycles. The van der Waals surface area contributed by atoms with Crippen LogP contribution < -0.4 is 14.2 Å². The quantitative estimate of drug-likeness (QED) is 0.0678. The van der Waals surface area contributed by atoms with Gasteiger partial charge in [-0.1, -0.05) is 273 Å². The van der Waals surface area contributed by atoms with Gasteiger partial charge in [0.05, 0.1) is 5.69 Å². The van der Waals surface area contributed by atoms with Gasteiger partial charge in [-0.25, -0.2) is 0 Å². The second kappa shape index (κ2) is 64.9. The third-order valence-corrected chi connectivity index (χ3v) is 8.93. The zero-order valence-corrected chi connectivity index (χ0v) is 73.9. The van der Waals surface area contributed by atoms with E-state index in [9.17, 15) is 10.4 Å². The van der Waals surface area contributed by atoms with Crippen molar-refractivity contribution in [1.29, 1.82) is 0 Å². The summed E-state index contributed by atoms with van der Waals surface area (Å²) in [4.78, 5) is 12.2. The van der Waals surface area contributed by atoms with Crippen LogP contribution in [0.5, 0.6) is 0 Å². The maximum Gasteiger partial charge on any atom is 0.169 e. The molecule has 6 heterocycles. The number of hydrogen-bond donors (Lipinski definition) is 2. The zero-order valence-electron chi connectivity index (χ0n) is 56.8. The van der Waals surface area contributed by atoms with Crippen LogP contribution in [0.1, 0.15) is 249 Å². The minimum atomic E-state index is -0.0977. The van der Waals surface area contributed by atoms with Crippen LogP contribution in [0, 0.1) is 42.1 Å². The van der Waals surface area contributed by atoms with Gasteiger partial charge in [-0.15, -0.1) is 46.2 Å². The first-order valence-electron chi connectivity index (χ1n) is 27.2. The second-order valence-electron chi connectivity index (χ2n) is 21.0. The fourth-order valence-electron chi connectivity index (χ4n) is 4.99. The molecule has 2 N–H and O–H groups in total. The molecular formula is C67H114N6O3Y6-4. The summed E-state index contributed by atoms with van der Waals surface area (Å²) in [6, 6.07) is 31.8. The molecule has 6 aromatic heterocycles. The molecule has 0 unspecified atom stereocenters. The average molecular weight is 1590 g/mol. The smallest absolute Gasteiger partial charge is 0.169 e. The largest absolute Gasteiger partial charge is 0.640 e. The van der Waals surface area contributed by atoms with Crippen molar-refractivity contribution in [3.05, 3.63) is 186 Å². The van der Waals surface area contributed by atoms with E-state index in [1.54, 1.807) is 49.1 Å². The molecule has 0 saturated heterocycles. The van der Waals surface area contributed by atoms with Crippen molar-refractivity contribution in [2.45, 2.75) is 248 Å². The van der Waals surface area contributed by atoms with E-state index in [1.165, 1.54) is 11.1 Å². The van der Waals surface area contributed by atoms with Crippen molar-refractivity contribution in [2.24, 2.45) is 0 Å². The van der Waals surface area contributed by atoms with Crippen LogP contribution in [-0.2, 0) is 229 Å². The Labute approximate surface area is 659 Å². The maximum absolute atomic E-state index is 11.1. The van der Waals surface area contributed by atoms with Gasteiger partial charge in [0.25, 0.3) is 0 Å². The first-order valence-corrected chi connectivity index (χ1v) is 27.2. The molecule has 0 saturated carbocycles. The molecule has 6 aromatic rings. The molecule has 0 aliphatic carbocycles. The summed E-state index contributed by atoms with van der Waals surface area (Å²) in [6.45, 7) is 61.9. The van der Waals surface area contributed by atoms with Gasteiger partial charge in [-0.3, -0.25) is 4.73 Å². The third kappa shape index (κ3) is 59.9. The molecule has 82 heavy (non-hydrogen) atoms. The SMILES string of the molecule is C.CC.CC.CC.CC.CC.CC.CC(C)(C)c1c[c-][n+](O)cc1.CC(C)(C)c1c[c-]cc[n+]1O.CC(C)(C)c1c[c-]ccn1.CC(C)(C)c1c[c-]ncc1.CC(C)(C)c1ccc[c-][n+]1[O-].CC(C)(C)c1ccc[c-]n1.[Y].[Y].[Y].[Y].[Y].[Y]. The predicted molar refractivity (Wildman–Crippen MR) is 326 cm³/mol. The number of nitrogens with zero attached hydrogens (tertiary/aromatic N) is 6. The summed E-state index contributed by atoms with van der Waals surface area (Å²) < 4.78 is 2.85. The standard InChI is InChI=1S/2C9H13NO.C9H12NO.3C9H12N.6C2H6.CH4.6Y/c1-9(2,3)8-4-6-10(11)7-5-8;2*1-9(2,3)8-6-4-5-7-10(8)11;1-9(2,3)8-4-6-10-7-5-8;2*1-9(2,3)8-6-4-5-7-10-8;6*1-2;;;;;;;/h4-6,11H,1-3H3;5-7,11H,1-3H3;4-6H,1-3H3;4-6H,1-3H3;5-7H,1-3H3;4-6H,1-3H3;6*1-2H3;1H4;;;;;;/q;;4*-1;;;;;;;;;;;;;. The second-order valence-corrected chi connectivity index (χ2v) is 21.0. The Kier molecular flexibility index (Phi) is 90.1. The summed E-state index contributed by atoms with van der Waals surface area (Å²) in [5, 5.41) is 29.4. The van der Waals surface area contributed by atoms with Crippen LogP contribution in [0.25, 0.3) is 0 Å². The first kappa shape index (κ1) is 114. The zero-order chi connectivity index (χ0) is 60.3. The van der Waals surface area contributed by atoms with E-state index in [0.29, 0.717) is 0 Å². The predicted octanol–water partition coefficient (Wildman–Crippen LogP) is 17.4. The number of aromatic nitrogens is 6. The summed E-state index contributed by atoms with van der Waals surface area (Å²) in [7, 11) is 0. The summed E-state index contributed by atoms with van der Waals surface area (Å²) >= 11 is 0. The van der Waals surface area contributed by atoms with Crippen LogP contribution in [0.4, 0.5) is 0 Å². The maximum atomic E-state index is 11.1. The monoisotopic (exact) mass is 1580 g/mol. The van der Waals surface area contributed by atoms with Gasteiger partial charge in [-0.2, -0.15) is 60.7 Å². The van der Waals surface area contributed by atoms with Crippen LogP contribution in [0.3, 0.4) is 0 Å². The molecule has 452 valence electrons. The third-order valence-electron chi connectivity index (χ3n) is 8.93. The summed E-state index contributed by atoms with van der Waals surface area (Å²) in [6.07, 6.45) is 17.6. The van der Waals surface area contributed by atoms with Crippen molar-refractivity contribution < 1.29 is 221 Å². The minimum absolute atomic E-state index is 0. The van der Waals surface area contributed by atoms with Crippen LogP contribution in [0.2, 0.25) is 0 Å².